The zero-order valence-electron chi connectivity index (χ0n) is 20.1. The standard InChI is InChI=1S/C26H28N4O5/c1-17-25(19(3)30(29-17)21-8-6-5-7-9-21)28-24(32)16-35-26(33)18(2)27-23(31)15-12-20-10-13-22(34-4)14-11-20/h5-15,18H,16H2,1-4H3,(H,27,31)(H,28,32). The van der Waals surface area contributed by atoms with Crippen molar-refractivity contribution in [1.29, 1.82) is 0 Å². The summed E-state index contributed by atoms with van der Waals surface area (Å²) in [4.78, 5) is 36.7. The van der Waals surface area contributed by atoms with Crippen LogP contribution in [-0.4, -0.2) is 47.3 Å². The van der Waals surface area contributed by atoms with E-state index in [9.17, 15) is 14.4 Å². The van der Waals surface area contributed by atoms with Crippen molar-refractivity contribution in [2.24, 2.45) is 0 Å². The van der Waals surface area contributed by atoms with E-state index in [2.05, 4.69) is 15.7 Å². The Morgan fingerprint density at radius 3 is 2.40 bits per heavy atom. The lowest BCUT2D eigenvalue weighted by atomic mass is 10.2. The molecule has 1 aromatic heterocycles. The van der Waals surface area contributed by atoms with Crippen molar-refractivity contribution in [1.82, 2.24) is 15.1 Å². The number of nitrogens with one attached hydrogen (secondary N) is 2. The lowest BCUT2D eigenvalue weighted by Crippen LogP contribution is -2.39. The lowest BCUT2D eigenvalue weighted by molar-refractivity contribution is -0.149. The largest absolute Gasteiger partial charge is 0.497 e. The minimum Gasteiger partial charge on any atom is -0.497 e. The van der Waals surface area contributed by atoms with Crippen molar-refractivity contribution in [3.63, 3.8) is 0 Å². The number of hydrogen-bond donors (Lipinski definition) is 2. The molecule has 1 unspecified atom stereocenters. The SMILES string of the molecule is COc1ccc(C=CC(=O)NC(C)C(=O)OCC(=O)Nc2c(C)nn(-c3ccccc3)c2C)cc1. The Hall–Kier alpha value is -4.40. The summed E-state index contributed by atoms with van der Waals surface area (Å²) in [5, 5.41) is 9.73. The van der Waals surface area contributed by atoms with Gasteiger partial charge in [-0.2, -0.15) is 5.10 Å². The number of nitrogens with zero attached hydrogens (tertiary/aromatic N) is 2. The van der Waals surface area contributed by atoms with Gasteiger partial charge in [-0.15, -0.1) is 0 Å². The van der Waals surface area contributed by atoms with Crippen LogP contribution < -0.4 is 15.4 Å². The highest BCUT2D eigenvalue weighted by molar-refractivity contribution is 5.96. The Morgan fingerprint density at radius 1 is 1.06 bits per heavy atom. The van der Waals surface area contributed by atoms with Crippen LogP contribution in [0.5, 0.6) is 5.75 Å². The molecular weight excluding hydrogens is 448 g/mol. The molecule has 2 aromatic carbocycles. The van der Waals surface area contributed by atoms with E-state index in [0.29, 0.717) is 17.1 Å². The van der Waals surface area contributed by atoms with Crippen molar-refractivity contribution in [2.45, 2.75) is 26.8 Å². The van der Waals surface area contributed by atoms with Gasteiger partial charge >= 0.3 is 5.97 Å². The molecule has 0 radical (unpaired) electrons. The minimum atomic E-state index is -0.930. The fraction of sp³-hybridized carbons (Fsp3) is 0.231. The van der Waals surface area contributed by atoms with E-state index in [1.165, 1.54) is 13.0 Å². The van der Waals surface area contributed by atoms with Crippen LogP contribution in [0.3, 0.4) is 0 Å². The number of carbonyl (C=O) groups is 3. The summed E-state index contributed by atoms with van der Waals surface area (Å²) >= 11 is 0. The number of aromatic nitrogens is 2. The van der Waals surface area contributed by atoms with Gasteiger partial charge in [0.25, 0.3) is 5.91 Å². The lowest BCUT2D eigenvalue weighted by Gasteiger charge is -2.12. The van der Waals surface area contributed by atoms with E-state index < -0.39 is 30.4 Å². The minimum absolute atomic E-state index is 0.464. The molecule has 0 fully saturated rings. The number of carbonyl (C=O) groups excluding carboxylic acids is 3. The predicted molar refractivity (Wildman–Crippen MR) is 132 cm³/mol. The first-order chi connectivity index (χ1) is 16.8. The maximum Gasteiger partial charge on any atom is 0.328 e. The molecule has 9 heteroatoms. The third-order valence-corrected chi connectivity index (χ3v) is 5.16. The molecule has 0 saturated carbocycles. The van der Waals surface area contributed by atoms with Crippen molar-refractivity contribution in [3.8, 4) is 11.4 Å². The van der Waals surface area contributed by atoms with Crippen LogP contribution in [0.25, 0.3) is 11.8 Å². The summed E-state index contributed by atoms with van der Waals surface area (Å²) in [7, 11) is 1.57. The fourth-order valence-corrected chi connectivity index (χ4v) is 3.29. The molecule has 2 N–H and O–H groups in total. The third kappa shape index (κ3) is 6.80. The Kier molecular flexibility index (Phi) is 8.39. The number of methoxy groups -OCH3 is 1. The van der Waals surface area contributed by atoms with E-state index in [1.54, 1.807) is 49.1 Å². The first-order valence-electron chi connectivity index (χ1n) is 11.0. The number of benzene rings is 2. The molecular formula is C26H28N4O5. The number of amides is 2. The third-order valence-electron chi connectivity index (χ3n) is 5.16. The van der Waals surface area contributed by atoms with Gasteiger partial charge in [0, 0.05) is 6.08 Å². The highest BCUT2D eigenvalue weighted by atomic mass is 16.5. The first-order valence-corrected chi connectivity index (χ1v) is 11.0. The normalized spacial score (nSPS) is 11.7. The average molecular weight is 477 g/mol. The second-order valence-electron chi connectivity index (χ2n) is 7.79. The van der Waals surface area contributed by atoms with Gasteiger partial charge in [0.1, 0.15) is 11.8 Å². The number of aryl methyl sites for hydroxylation is 1. The maximum absolute atomic E-state index is 12.4. The van der Waals surface area contributed by atoms with Crippen LogP contribution in [0, 0.1) is 13.8 Å². The van der Waals surface area contributed by atoms with Crippen molar-refractivity contribution >= 4 is 29.5 Å². The zero-order chi connectivity index (χ0) is 25.4. The summed E-state index contributed by atoms with van der Waals surface area (Å²) in [6.07, 6.45) is 2.93. The second-order valence-corrected chi connectivity index (χ2v) is 7.79. The monoisotopic (exact) mass is 476 g/mol. The molecule has 182 valence electrons. The highest BCUT2D eigenvalue weighted by Crippen LogP contribution is 2.22. The van der Waals surface area contributed by atoms with Crippen LogP contribution in [0.4, 0.5) is 5.69 Å². The van der Waals surface area contributed by atoms with Gasteiger partial charge in [0.15, 0.2) is 6.61 Å². The van der Waals surface area contributed by atoms with Gasteiger partial charge in [0.05, 0.1) is 29.9 Å². The number of hydrogen-bond acceptors (Lipinski definition) is 6. The van der Waals surface area contributed by atoms with Gasteiger partial charge < -0.3 is 20.1 Å². The van der Waals surface area contributed by atoms with E-state index in [0.717, 1.165) is 16.9 Å². The van der Waals surface area contributed by atoms with Gasteiger partial charge in [0.2, 0.25) is 5.91 Å². The summed E-state index contributed by atoms with van der Waals surface area (Å²) in [5.74, 6) is -0.980. The molecule has 0 aliphatic heterocycles. The van der Waals surface area contributed by atoms with Gasteiger partial charge in [-0.3, -0.25) is 9.59 Å². The van der Waals surface area contributed by atoms with Gasteiger partial charge in [-0.05, 0) is 56.7 Å². The van der Waals surface area contributed by atoms with Gasteiger partial charge in [-0.1, -0.05) is 30.3 Å². The molecule has 0 aliphatic rings. The number of para-hydroxylation sites is 1. The number of esters is 1. The Morgan fingerprint density at radius 2 is 1.74 bits per heavy atom. The molecule has 1 atom stereocenters. The highest BCUT2D eigenvalue weighted by Gasteiger charge is 2.19. The van der Waals surface area contributed by atoms with E-state index in [4.69, 9.17) is 9.47 Å². The Labute approximate surface area is 203 Å². The average Bonchev–Trinajstić information content (AvgIpc) is 3.15. The summed E-state index contributed by atoms with van der Waals surface area (Å²) in [6.45, 7) is 4.62. The molecule has 1 heterocycles. The van der Waals surface area contributed by atoms with Crippen LogP contribution >= 0.6 is 0 Å². The number of rotatable bonds is 9. The predicted octanol–water partition coefficient (Wildman–Crippen LogP) is 3.20. The smallest absolute Gasteiger partial charge is 0.328 e. The van der Waals surface area contributed by atoms with Crippen LogP contribution in [0.15, 0.2) is 60.7 Å². The molecule has 0 aliphatic carbocycles. The van der Waals surface area contributed by atoms with E-state index in [-0.39, 0.29) is 0 Å². The molecule has 0 bridgehead atoms. The van der Waals surface area contributed by atoms with Crippen molar-refractivity contribution in [2.75, 3.05) is 19.0 Å². The Balaban J connectivity index is 1.49. The van der Waals surface area contributed by atoms with Crippen molar-refractivity contribution in [3.05, 3.63) is 77.6 Å². The molecule has 0 spiro atoms. The van der Waals surface area contributed by atoms with Crippen LogP contribution in [0.1, 0.15) is 23.9 Å². The second kappa shape index (κ2) is 11.6. The summed E-state index contributed by atoms with van der Waals surface area (Å²) in [5.41, 5.74) is 3.60. The molecule has 35 heavy (non-hydrogen) atoms. The summed E-state index contributed by atoms with van der Waals surface area (Å²) in [6, 6.07) is 15.8. The molecule has 2 amide bonds. The van der Waals surface area contributed by atoms with Crippen molar-refractivity contribution < 1.29 is 23.9 Å². The van der Waals surface area contributed by atoms with Crippen LogP contribution in [-0.2, 0) is 19.1 Å². The topological polar surface area (TPSA) is 112 Å². The molecule has 9 nitrogen and oxygen atoms in total. The first kappa shape index (κ1) is 25.2. The Bertz CT molecular complexity index is 1220. The quantitative estimate of drug-likeness (QED) is 0.362. The van der Waals surface area contributed by atoms with E-state index >= 15 is 0 Å². The van der Waals surface area contributed by atoms with Crippen LogP contribution in [0.2, 0.25) is 0 Å². The van der Waals surface area contributed by atoms with E-state index in [1.807, 2.05) is 37.3 Å². The fourth-order valence-electron chi connectivity index (χ4n) is 3.29. The molecule has 3 aromatic rings. The number of anilines is 1. The number of ether oxygens (including phenoxy) is 2. The molecule has 0 saturated heterocycles. The maximum atomic E-state index is 12.4. The summed E-state index contributed by atoms with van der Waals surface area (Å²) < 4.78 is 11.9. The molecule has 3 rings (SSSR count). The van der Waals surface area contributed by atoms with Gasteiger partial charge in [-0.25, -0.2) is 9.48 Å². The zero-order valence-corrected chi connectivity index (χ0v) is 20.1.